The lowest BCUT2D eigenvalue weighted by Gasteiger charge is -2.37. The fourth-order valence-electron chi connectivity index (χ4n) is 4.88. The molecule has 3 aromatic rings. The highest BCUT2D eigenvalue weighted by molar-refractivity contribution is 5.95. The molecule has 0 bridgehead atoms. The van der Waals surface area contributed by atoms with Crippen molar-refractivity contribution >= 4 is 16.7 Å². The summed E-state index contributed by atoms with van der Waals surface area (Å²) >= 11 is 0. The number of benzene rings is 2. The number of aromatic hydroxyl groups is 1. The quantitative estimate of drug-likeness (QED) is 0.641. The third-order valence-corrected chi connectivity index (χ3v) is 7.06. The van der Waals surface area contributed by atoms with Gasteiger partial charge in [0.1, 0.15) is 12.4 Å². The summed E-state index contributed by atoms with van der Waals surface area (Å²) in [4.78, 5) is 18.5. The van der Waals surface area contributed by atoms with E-state index in [9.17, 15) is 9.90 Å². The van der Waals surface area contributed by atoms with Gasteiger partial charge in [0.25, 0.3) is 0 Å². The Kier molecular flexibility index (Phi) is 4.63. The van der Waals surface area contributed by atoms with Crippen LogP contribution in [0.15, 0.2) is 42.6 Å². The molecular formula is C25H27N3O3. The summed E-state index contributed by atoms with van der Waals surface area (Å²) < 4.78 is 6.13. The molecular weight excluding hydrogens is 390 g/mol. The molecule has 2 aliphatic rings. The number of primary amides is 1. The van der Waals surface area contributed by atoms with Gasteiger partial charge < -0.3 is 15.6 Å². The molecule has 1 amide bonds. The third kappa shape index (κ3) is 3.31. The molecule has 1 aliphatic carbocycles. The Morgan fingerprint density at radius 3 is 2.74 bits per heavy atom. The minimum absolute atomic E-state index is 0.00648. The van der Waals surface area contributed by atoms with Gasteiger partial charge in [-0.2, -0.15) is 0 Å². The molecule has 1 atom stereocenters. The lowest BCUT2D eigenvalue weighted by Crippen LogP contribution is -2.48. The molecule has 6 heteroatoms. The van der Waals surface area contributed by atoms with Gasteiger partial charge in [0, 0.05) is 34.7 Å². The predicted molar refractivity (Wildman–Crippen MR) is 120 cm³/mol. The first-order valence-corrected chi connectivity index (χ1v) is 10.8. The largest absolute Gasteiger partial charge is 0.493 e. The zero-order valence-corrected chi connectivity index (χ0v) is 17.9. The smallest absolute Gasteiger partial charge is 0.249 e. The second-order valence-electron chi connectivity index (χ2n) is 8.89. The summed E-state index contributed by atoms with van der Waals surface area (Å²) in [5, 5.41) is 12.0. The molecule has 31 heavy (non-hydrogen) atoms. The van der Waals surface area contributed by atoms with Crippen molar-refractivity contribution in [2.75, 3.05) is 20.2 Å². The van der Waals surface area contributed by atoms with E-state index in [1.54, 1.807) is 18.3 Å². The van der Waals surface area contributed by atoms with Crippen LogP contribution in [0.2, 0.25) is 0 Å². The second kappa shape index (κ2) is 7.24. The number of likely N-dealkylation sites (tertiary alicyclic amines) is 1. The van der Waals surface area contributed by atoms with E-state index in [-0.39, 0.29) is 11.3 Å². The number of pyridine rings is 1. The van der Waals surface area contributed by atoms with Gasteiger partial charge >= 0.3 is 0 Å². The summed E-state index contributed by atoms with van der Waals surface area (Å²) in [5.41, 5.74) is 9.12. The zero-order valence-electron chi connectivity index (χ0n) is 17.9. The van der Waals surface area contributed by atoms with Crippen LogP contribution >= 0.6 is 0 Å². The third-order valence-electron chi connectivity index (χ3n) is 7.06. The van der Waals surface area contributed by atoms with Crippen molar-refractivity contribution in [1.29, 1.82) is 0 Å². The van der Waals surface area contributed by atoms with Crippen LogP contribution in [0.1, 0.15) is 46.3 Å². The zero-order chi connectivity index (χ0) is 21.8. The van der Waals surface area contributed by atoms with E-state index in [2.05, 4.69) is 29.1 Å². The van der Waals surface area contributed by atoms with Crippen LogP contribution in [-0.4, -0.2) is 47.1 Å². The maximum atomic E-state index is 12.2. The van der Waals surface area contributed by atoms with Crippen LogP contribution in [0, 0.1) is 6.92 Å². The highest BCUT2D eigenvalue weighted by Gasteiger charge is 2.48. The van der Waals surface area contributed by atoms with Crippen molar-refractivity contribution in [1.82, 2.24) is 9.88 Å². The number of carbonyl (C=O) groups is 1. The average molecular weight is 418 g/mol. The Bertz CT molecular complexity index is 1190. The van der Waals surface area contributed by atoms with Gasteiger partial charge in [-0.3, -0.25) is 9.69 Å². The summed E-state index contributed by atoms with van der Waals surface area (Å²) in [6, 6.07) is 12.1. The summed E-state index contributed by atoms with van der Waals surface area (Å²) in [6.45, 7) is 3.65. The van der Waals surface area contributed by atoms with Crippen molar-refractivity contribution in [3.05, 3.63) is 64.8 Å². The molecule has 1 aromatic heterocycles. The van der Waals surface area contributed by atoms with Gasteiger partial charge in [0.2, 0.25) is 11.8 Å². The molecule has 2 fully saturated rings. The Hall–Kier alpha value is -3.12. The first-order chi connectivity index (χ1) is 14.9. The van der Waals surface area contributed by atoms with Gasteiger partial charge in [-0.15, -0.1) is 0 Å². The van der Waals surface area contributed by atoms with E-state index in [1.807, 2.05) is 19.1 Å². The summed E-state index contributed by atoms with van der Waals surface area (Å²) in [7, 11) is 2.09. The average Bonchev–Trinajstić information content (AvgIpc) is 3.54. The SMILES string of the molecule is Cc1c(C(N)=O)cc(OCC2CCN2C)cc1C1(c2cccc3cnc(O)cc23)CC1. The Balaban J connectivity index is 1.60. The van der Waals surface area contributed by atoms with E-state index in [1.165, 1.54) is 0 Å². The maximum Gasteiger partial charge on any atom is 0.249 e. The Morgan fingerprint density at radius 1 is 1.29 bits per heavy atom. The number of ether oxygens (including phenoxy) is 1. The van der Waals surface area contributed by atoms with E-state index >= 15 is 0 Å². The number of fused-ring (bicyclic) bond motifs is 1. The molecule has 6 nitrogen and oxygen atoms in total. The number of carbonyl (C=O) groups excluding carboxylic acids is 1. The minimum Gasteiger partial charge on any atom is -0.493 e. The van der Waals surface area contributed by atoms with Crippen molar-refractivity contribution < 1.29 is 14.6 Å². The number of rotatable bonds is 6. The van der Waals surface area contributed by atoms with Crippen molar-refractivity contribution in [3.63, 3.8) is 0 Å². The number of aromatic nitrogens is 1. The highest BCUT2D eigenvalue weighted by Crippen LogP contribution is 2.57. The summed E-state index contributed by atoms with van der Waals surface area (Å²) in [5.74, 6) is 0.248. The number of likely N-dealkylation sites (N-methyl/N-ethyl adjacent to an activating group) is 1. The molecule has 2 heterocycles. The molecule has 160 valence electrons. The van der Waals surface area contributed by atoms with Gasteiger partial charge in [-0.1, -0.05) is 18.2 Å². The van der Waals surface area contributed by atoms with Crippen molar-refractivity contribution in [2.24, 2.45) is 5.73 Å². The normalized spacial score (nSPS) is 19.7. The maximum absolute atomic E-state index is 12.2. The molecule has 1 unspecified atom stereocenters. The predicted octanol–water partition coefficient (Wildman–Crippen LogP) is 3.51. The van der Waals surface area contributed by atoms with Crippen LogP contribution in [0.4, 0.5) is 0 Å². The highest BCUT2D eigenvalue weighted by atomic mass is 16.5. The Morgan fingerprint density at radius 2 is 2.10 bits per heavy atom. The van der Waals surface area contributed by atoms with Crippen LogP contribution in [0.5, 0.6) is 11.6 Å². The van der Waals surface area contributed by atoms with Crippen LogP contribution < -0.4 is 10.5 Å². The van der Waals surface area contributed by atoms with Gasteiger partial charge in [0.05, 0.1) is 0 Å². The van der Waals surface area contributed by atoms with E-state index in [4.69, 9.17) is 10.5 Å². The molecule has 5 rings (SSSR count). The summed E-state index contributed by atoms with van der Waals surface area (Å²) in [6.07, 6.45) is 4.74. The van der Waals surface area contributed by atoms with E-state index in [0.29, 0.717) is 24.0 Å². The topological polar surface area (TPSA) is 88.7 Å². The van der Waals surface area contributed by atoms with Gasteiger partial charge in [-0.05, 0) is 74.0 Å². The van der Waals surface area contributed by atoms with Gasteiger partial charge in [0.15, 0.2) is 0 Å². The molecule has 1 saturated heterocycles. The van der Waals surface area contributed by atoms with E-state index in [0.717, 1.165) is 53.3 Å². The lowest BCUT2D eigenvalue weighted by molar-refractivity contribution is 0.0767. The number of hydrogen-bond acceptors (Lipinski definition) is 5. The number of amides is 1. The number of nitrogens with zero attached hydrogens (tertiary/aromatic N) is 2. The lowest BCUT2D eigenvalue weighted by atomic mass is 9.81. The van der Waals surface area contributed by atoms with Crippen LogP contribution in [-0.2, 0) is 5.41 Å². The first kappa shape index (κ1) is 19.8. The fourth-order valence-corrected chi connectivity index (χ4v) is 4.88. The molecule has 3 N–H and O–H groups in total. The number of hydrogen-bond donors (Lipinski definition) is 2. The first-order valence-electron chi connectivity index (χ1n) is 10.8. The molecule has 2 aromatic carbocycles. The Labute approximate surface area is 181 Å². The van der Waals surface area contributed by atoms with Crippen LogP contribution in [0.3, 0.4) is 0 Å². The van der Waals surface area contributed by atoms with Crippen molar-refractivity contribution in [2.45, 2.75) is 37.6 Å². The number of nitrogens with two attached hydrogens (primary N) is 1. The van der Waals surface area contributed by atoms with Gasteiger partial charge in [-0.25, -0.2) is 4.98 Å². The second-order valence-corrected chi connectivity index (χ2v) is 8.89. The minimum atomic E-state index is -0.444. The molecule has 0 spiro atoms. The van der Waals surface area contributed by atoms with Crippen LogP contribution in [0.25, 0.3) is 10.8 Å². The monoisotopic (exact) mass is 417 g/mol. The fraction of sp³-hybridized carbons (Fsp3) is 0.360. The van der Waals surface area contributed by atoms with Crippen molar-refractivity contribution in [3.8, 4) is 11.6 Å². The molecule has 1 aliphatic heterocycles. The molecule has 0 radical (unpaired) electrons. The van der Waals surface area contributed by atoms with E-state index < -0.39 is 5.91 Å². The molecule has 1 saturated carbocycles. The standard InChI is InChI=1S/C25H27N3O3/c1-15-19(24(26)30)10-18(31-14-17-6-9-28(17)2)11-22(15)25(7-8-25)21-5-3-4-16-13-27-23(29)12-20(16)21/h3-5,10-13,17H,6-9,14H2,1-2H3,(H2,26,30)(H,27,29).